The van der Waals surface area contributed by atoms with Crippen molar-refractivity contribution in [2.75, 3.05) is 0 Å². The van der Waals surface area contributed by atoms with Crippen LogP contribution in [-0.4, -0.2) is 11.1 Å². The first-order valence-electron chi connectivity index (χ1n) is 4.30. The predicted octanol–water partition coefficient (Wildman–Crippen LogP) is 3.11. The molecule has 0 spiro atoms. The average molecular weight is 231 g/mol. The fourth-order valence-electron chi connectivity index (χ4n) is 1.86. The molecule has 1 aliphatic rings. The van der Waals surface area contributed by atoms with E-state index in [4.69, 9.17) is 28.3 Å². The van der Waals surface area contributed by atoms with Crippen LogP contribution in [0, 0.1) is 0 Å². The van der Waals surface area contributed by atoms with Crippen LogP contribution in [0.4, 0.5) is 0 Å². The van der Waals surface area contributed by atoms with Crippen molar-refractivity contribution in [3.8, 4) is 0 Å². The standard InChI is InChI=1S/C10H8Cl2O2/c11-8-3-5-1-2-6(10(13)14)7(5)4-9(8)12/h3-4,6H,1-2H2,(H,13,14)/t6-/m0/s1. The maximum absolute atomic E-state index is 10.9. The fraction of sp³-hybridized carbons (Fsp3) is 0.300. The number of fused-ring (bicyclic) bond motifs is 1. The Balaban J connectivity index is 2.50. The van der Waals surface area contributed by atoms with Crippen molar-refractivity contribution in [1.29, 1.82) is 0 Å². The average Bonchev–Trinajstić information content (AvgIpc) is 2.48. The summed E-state index contributed by atoms with van der Waals surface area (Å²) in [6.45, 7) is 0. The van der Waals surface area contributed by atoms with Gasteiger partial charge in [0.1, 0.15) is 0 Å². The van der Waals surface area contributed by atoms with Gasteiger partial charge in [0.25, 0.3) is 0 Å². The molecule has 0 fully saturated rings. The Bertz CT molecular complexity index is 401. The van der Waals surface area contributed by atoms with Crippen molar-refractivity contribution in [1.82, 2.24) is 0 Å². The topological polar surface area (TPSA) is 37.3 Å². The number of halogens is 2. The SMILES string of the molecule is O=C(O)[C@H]1CCc2cc(Cl)c(Cl)cc21. The van der Waals surface area contributed by atoms with Crippen LogP contribution >= 0.6 is 23.2 Å². The van der Waals surface area contributed by atoms with Crippen molar-refractivity contribution < 1.29 is 9.90 Å². The highest BCUT2D eigenvalue weighted by molar-refractivity contribution is 6.42. The highest BCUT2D eigenvalue weighted by atomic mass is 35.5. The van der Waals surface area contributed by atoms with Gasteiger partial charge in [-0.1, -0.05) is 23.2 Å². The summed E-state index contributed by atoms with van der Waals surface area (Å²) < 4.78 is 0. The van der Waals surface area contributed by atoms with E-state index in [0.29, 0.717) is 16.5 Å². The van der Waals surface area contributed by atoms with E-state index >= 15 is 0 Å². The maximum atomic E-state index is 10.9. The third-order valence-electron chi connectivity index (χ3n) is 2.56. The molecule has 0 radical (unpaired) electrons. The second-order valence-corrected chi connectivity index (χ2v) is 4.21. The normalized spacial score (nSPS) is 19.4. The molecular weight excluding hydrogens is 223 g/mol. The molecule has 0 saturated carbocycles. The highest BCUT2D eigenvalue weighted by Crippen LogP contribution is 2.37. The summed E-state index contributed by atoms with van der Waals surface area (Å²) in [6, 6.07) is 3.44. The van der Waals surface area contributed by atoms with Crippen molar-refractivity contribution >= 4 is 29.2 Å². The van der Waals surface area contributed by atoms with Crippen LogP contribution in [0.3, 0.4) is 0 Å². The second-order valence-electron chi connectivity index (χ2n) is 3.39. The Morgan fingerprint density at radius 2 is 2.00 bits per heavy atom. The van der Waals surface area contributed by atoms with E-state index in [1.54, 1.807) is 12.1 Å². The number of hydrogen-bond donors (Lipinski definition) is 1. The van der Waals surface area contributed by atoms with E-state index in [1.807, 2.05) is 0 Å². The van der Waals surface area contributed by atoms with E-state index in [0.717, 1.165) is 17.5 Å². The number of hydrogen-bond acceptors (Lipinski definition) is 1. The lowest BCUT2D eigenvalue weighted by Gasteiger charge is -2.06. The molecule has 1 N–H and O–H groups in total. The third kappa shape index (κ3) is 1.49. The van der Waals surface area contributed by atoms with Gasteiger partial charge in [-0.15, -0.1) is 0 Å². The molecule has 2 rings (SSSR count). The molecule has 0 bridgehead atoms. The minimum Gasteiger partial charge on any atom is -0.481 e. The van der Waals surface area contributed by atoms with Gasteiger partial charge in [0.2, 0.25) is 0 Å². The van der Waals surface area contributed by atoms with Gasteiger partial charge in [0.15, 0.2) is 0 Å². The molecule has 1 aromatic rings. The van der Waals surface area contributed by atoms with Gasteiger partial charge in [0.05, 0.1) is 16.0 Å². The molecule has 0 saturated heterocycles. The van der Waals surface area contributed by atoms with Crippen molar-refractivity contribution in [3.63, 3.8) is 0 Å². The molecule has 0 heterocycles. The van der Waals surface area contributed by atoms with Gasteiger partial charge in [0, 0.05) is 0 Å². The Labute approximate surface area is 91.4 Å². The molecular formula is C10H8Cl2O2. The number of carboxylic acid groups (broad SMARTS) is 1. The first-order chi connectivity index (χ1) is 6.59. The largest absolute Gasteiger partial charge is 0.481 e. The van der Waals surface area contributed by atoms with E-state index in [1.165, 1.54) is 0 Å². The minimum atomic E-state index is -0.790. The van der Waals surface area contributed by atoms with Crippen molar-refractivity contribution in [3.05, 3.63) is 33.3 Å². The third-order valence-corrected chi connectivity index (χ3v) is 3.28. The summed E-state index contributed by atoms with van der Waals surface area (Å²) in [6.07, 6.45) is 1.41. The van der Waals surface area contributed by atoms with Crippen LogP contribution in [0.2, 0.25) is 10.0 Å². The van der Waals surface area contributed by atoms with E-state index in [2.05, 4.69) is 0 Å². The number of carboxylic acids is 1. The molecule has 1 aliphatic carbocycles. The molecule has 0 amide bonds. The van der Waals surface area contributed by atoms with Gasteiger partial charge < -0.3 is 5.11 Å². The summed E-state index contributed by atoms with van der Waals surface area (Å²) in [5.41, 5.74) is 1.82. The van der Waals surface area contributed by atoms with Crippen LogP contribution in [-0.2, 0) is 11.2 Å². The molecule has 14 heavy (non-hydrogen) atoms. The molecule has 74 valence electrons. The van der Waals surface area contributed by atoms with Gasteiger partial charge in [-0.25, -0.2) is 0 Å². The zero-order chi connectivity index (χ0) is 10.3. The zero-order valence-electron chi connectivity index (χ0n) is 7.26. The Kier molecular flexibility index (Phi) is 2.41. The zero-order valence-corrected chi connectivity index (χ0v) is 8.77. The van der Waals surface area contributed by atoms with Gasteiger partial charge in [-0.2, -0.15) is 0 Å². The van der Waals surface area contributed by atoms with E-state index < -0.39 is 11.9 Å². The molecule has 2 nitrogen and oxygen atoms in total. The van der Waals surface area contributed by atoms with E-state index in [-0.39, 0.29) is 0 Å². The summed E-state index contributed by atoms with van der Waals surface area (Å²) in [7, 11) is 0. The number of aryl methyl sites for hydroxylation is 1. The van der Waals surface area contributed by atoms with Gasteiger partial charge in [-0.05, 0) is 36.1 Å². The van der Waals surface area contributed by atoms with Crippen molar-refractivity contribution in [2.45, 2.75) is 18.8 Å². The Morgan fingerprint density at radius 3 is 2.64 bits per heavy atom. The van der Waals surface area contributed by atoms with Crippen LogP contribution < -0.4 is 0 Å². The number of aliphatic carboxylic acids is 1. The van der Waals surface area contributed by atoms with Crippen LogP contribution in [0.1, 0.15) is 23.5 Å². The monoisotopic (exact) mass is 230 g/mol. The van der Waals surface area contributed by atoms with Gasteiger partial charge >= 0.3 is 5.97 Å². The maximum Gasteiger partial charge on any atom is 0.310 e. The van der Waals surface area contributed by atoms with Crippen LogP contribution in [0.25, 0.3) is 0 Å². The smallest absolute Gasteiger partial charge is 0.310 e. The quantitative estimate of drug-likeness (QED) is 0.806. The lowest BCUT2D eigenvalue weighted by Crippen LogP contribution is -2.07. The molecule has 1 atom stereocenters. The second kappa shape index (κ2) is 3.44. The first-order valence-corrected chi connectivity index (χ1v) is 5.06. The summed E-state index contributed by atoms with van der Waals surface area (Å²) >= 11 is 11.7. The van der Waals surface area contributed by atoms with Crippen LogP contribution in [0.5, 0.6) is 0 Å². The Morgan fingerprint density at radius 1 is 1.36 bits per heavy atom. The highest BCUT2D eigenvalue weighted by Gasteiger charge is 2.29. The fourth-order valence-corrected chi connectivity index (χ4v) is 2.21. The first kappa shape index (κ1) is 9.81. The number of rotatable bonds is 1. The molecule has 0 aliphatic heterocycles. The van der Waals surface area contributed by atoms with Crippen molar-refractivity contribution in [2.24, 2.45) is 0 Å². The lowest BCUT2D eigenvalue weighted by molar-refractivity contribution is -0.138. The molecule has 0 aromatic heterocycles. The summed E-state index contributed by atoms with van der Waals surface area (Å²) in [5, 5.41) is 9.87. The minimum absolute atomic E-state index is 0.417. The van der Waals surface area contributed by atoms with Gasteiger partial charge in [-0.3, -0.25) is 4.79 Å². The number of carbonyl (C=O) groups is 1. The number of benzene rings is 1. The predicted molar refractivity (Wildman–Crippen MR) is 55.2 cm³/mol. The Hall–Kier alpha value is -0.730. The summed E-state index contributed by atoms with van der Waals surface area (Å²) in [4.78, 5) is 10.9. The molecule has 0 unspecified atom stereocenters. The summed E-state index contributed by atoms with van der Waals surface area (Å²) in [5.74, 6) is -1.21. The molecule has 4 heteroatoms. The van der Waals surface area contributed by atoms with E-state index in [9.17, 15) is 4.79 Å². The lowest BCUT2D eigenvalue weighted by atomic mass is 10.0. The molecule has 1 aromatic carbocycles. The van der Waals surface area contributed by atoms with Crippen LogP contribution in [0.15, 0.2) is 12.1 Å².